The maximum absolute atomic E-state index is 12.4. The van der Waals surface area contributed by atoms with Crippen LogP contribution in [0.3, 0.4) is 0 Å². The van der Waals surface area contributed by atoms with Crippen LogP contribution >= 0.6 is 12.4 Å². The molecule has 3 fully saturated rings. The van der Waals surface area contributed by atoms with E-state index in [0.717, 1.165) is 25.7 Å². The normalized spacial score (nSPS) is 35.9. The van der Waals surface area contributed by atoms with Gasteiger partial charge in [-0.1, -0.05) is 0 Å². The molecule has 112 valence electrons. The van der Waals surface area contributed by atoms with Gasteiger partial charge >= 0.3 is 0 Å². The maximum atomic E-state index is 12.4. The van der Waals surface area contributed by atoms with Crippen molar-refractivity contribution in [3.63, 3.8) is 0 Å². The lowest BCUT2D eigenvalue weighted by molar-refractivity contribution is 0.126. The van der Waals surface area contributed by atoms with Gasteiger partial charge in [0.2, 0.25) is 10.0 Å². The predicted octanol–water partition coefficient (Wildman–Crippen LogP) is 0.743. The summed E-state index contributed by atoms with van der Waals surface area (Å²) in [6, 6.07) is 0.884. The van der Waals surface area contributed by atoms with Crippen LogP contribution in [0.5, 0.6) is 0 Å². The Kier molecular flexibility index (Phi) is 5.11. The Morgan fingerprint density at radius 2 is 1.95 bits per heavy atom. The molecule has 2 bridgehead atoms. The van der Waals surface area contributed by atoms with Crippen LogP contribution in [-0.2, 0) is 14.8 Å². The lowest BCUT2D eigenvalue weighted by atomic mass is 10.1. The number of ether oxygens (including phenoxy) is 1. The second kappa shape index (κ2) is 6.26. The van der Waals surface area contributed by atoms with E-state index in [2.05, 4.69) is 5.32 Å². The van der Waals surface area contributed by atoms with E-state index in [4.69, 9.17) is 4.74 Å². The molecule has 5 nitrogen and oxygen atoms in total. The molecule has 0 spiro atoms. The smallest absolute Gasteiger partial charge is 0.216 e. The number of rotatable bonds is 3. The molecule has 19 heavy (non-hydrogen) atoms. The zero-order valence-electron chi connectivity index (χ0n) is 11.1. The number of nitrogens with one attached hydrogen (secondary N) is 1. The molecule has 0 aromatic rings. The van der Waals surface area contributed by atoms with Crippen LogP contribution in [0.15, 0.2) is 0 Å². The fourth-order valence-corrected chi connectivity index (χ4v) is 5.01. The van der Waals surface area contributed by atoms with Crippen molar-refractivity contribution in [3.05, 3.63) is 0 Å². The van der Waals surface area contributed by atoms with Gasteiger partial charge in [-0.2, -0.15) is 0 Å². The number of hydrogen-bond donors (Lipinski definition) is 1. The highest BCUT2D eigenvalue weighted by Crippen LogP contribution is 2.23. The molecule has 0 saturated carbocycles. The first-order chi connectivity index (χ1) is 8.63. The van der Waals surface area contributed by atoms with Gasteiger partial charge in [0, 0.05) is 31.8 Å². The summed E-state index contributed by atoms with van der Waals surface area (Å²) in [4.78, 5) is 0. The Hall–Kier alpha value is 0.120. The van der Waals surface area contributed by atoms with Gasteiger partial charge in [0.15, 0.2) is 0 Å². The summed E-state index contributed by atoms with van der Waals surface area (Å²) in [5, 5.41) is 3.51. The Labute approximate surface area is 121 Å². The quantitative estimate of drug-likeness (QED) is 0.835. The first-order valence-corrected chi connectivity index (χ1v) is 8.60. The molecule has 0 aromatic carbocycles. The Balaban J connectivity index is 0.00000133. The Morgan fingerprint density at radius 3 is 2.68 bits per heavy atom. The molecule has 0 aliphatic carbocycles. The lowest BCUT2D eigenvalue weighted by Crippen LogP contribution is -2.42. The van der Waals surface area contributed by atoms with Gasteiger partial charge in [-0.3, -0.25) is 0 Å². The Bertz CT molecular complexity index is 398. The molecular weight excluding hydrogens is 288 g/mol. The third-order valence-electron chi connectivity index (χ3n) is 4.30. The third kappa shape index (κ3) is 3.61. The van der Waals surface area contributed by atoms with Crippen molar-refractivity contribution in [1.29, 1.82) is 0 Å². The summed E-state index contributed by atoms with van der Waals surface area (Å²) in [5.74, 6) is 0.171. The van der Waals surface area contributed by atoms with Crippen molar-refractivity contribution in [1.82, 2.24) is 9.62 Å². The molecule has 3 aliphatic heterocycles. The van der Waals surface area contributed by atoms with E-state index in [-0.39, 0.29) is 24.3 Å². The summed E-state index contributed by atoms with van der Waals surface area (Å²) in [6.45, 7) is 2.03. The van der Waals surface area contributed by atoms with Gasteiger partial charge in [-0.15, -0.1) is 12.4 Å². The van der Waals surface area contributed by atoms with Crippen LogP contribution < -0.4 is 5.32 Å². The van der Waals surface area contributed by atoms with Gasteiger partial charge in [0.1, 0.15) is 0 Å². The molecule has 7 heteroatoms. The highest BCUT2D eigenvalue weighted by molar-refractivity contribution is 7.89. The van der Waals surface area contributed by atoms with Gasteiger partial charge in [-0.05, 0) is 32.1 Å². The summed E-state index contributed by atoms with van der Waals surface area (Å²) >= 11 is 0. The van der Waals surface area contributed by atoms with E-state index < -0.39 is 10.0 Å². The zero-order valence-corrected chi connectivity index (χ0v) is 12.7. The summed E-state index contributed by atoms with van der Waals surface area (Å²) in [6.07, 6.45) is 5.05. The second-order valence-corrected chi connectivity index (χ2v) is 7.71. The van der Waals surface area contributed by atoms with E-state index in [1.54, 1.807) is 4.31 Å². The van der Waals surface area contributed by atoms with Crippen LogP contribution in [0.2, 0.25) is 0 Å². The molecule has 0 aromatic heterocycles. The van der Waals surface area contributed by atoms with Crippen LogP contribution in [0.1, 0.15) is 32.1 Å². The molecule has 0 amide bonds. The molecule has 3 saturated heterocycles. The van der Waals surface area contributed by atoms with Crippen molar-refractivity contribution < 1.29 is 13.2 Å². The van der Waals surface area contributed by atoms with Crippen molar-refractivity contribution in [2.24, 2.45) is 0 Å². The van der Waals surface area contributed by atoms with Crippen LogP contribution in [0.4, 0.5) is 0 Å². The highest BCUT2D eigenvalue weighted by Gasteiger charge is 2.35. The molecule has 3 atom stereocenters. The van der Waals surface area contributed by atoms with Crippen molar-refractivity contribution in [2.45, 2.75) is 50.3 Å². The zero-order chi connectivity index (χ0) is 12.6. The van der Waals surface area contributed by atoms with Crippen molar-refractivity contribution in [3.8, 4) is 0 Å². The first-order valence-electron chi connectivity index (χ1n) is 6.99. The van der Waals surface area contributed by atoms with Gasteiger partial charge < -0.3 is 10.1 Å². The van der Waals surface area contributed by atoms with E-state index in [0.29, 0.717) is 31.8 Å². The van der Waals surface area contributed by atoms with Crippen molar-refractivity contribution >= 4 is 22.4 Å². The van der Waals surface area contributed by atoms with E-state index >= 15 is 0 Å². The Morgan fingerprint density at radius 1 is 1.16 bits per heavy atom. The minimum atomic E-state index is -3.14. The SMILES string of the molecule is Cl.O=S(=O)(CC1CCCO1)N1CCC2CCC(C1)N2. The van der Waals surface area contributed by atoms with Gasteiger partial charge in [0.05, 0.1) is 11.9 Å². The first kappa shape index (κ1) is 15.5. The summed E-state index contributed by atoms with van der Waals surface area (Å²) in [7, 11) is -3.14. The number of hydrogen-bond acceptors (Lipinski definition) is 4. The van der Waals surface area contributed by atoms with E-state index in [1.807, 2.05) is 0 Å². The van der Waals surface area contributed by atoms with E-state index in [9.17, 15) is 8.42 Å². The minimum Gasteiger partial charge on any atom is -0.377 e. The molecule has 3 aliphatic rings. The summed E-state index contributed by atoms with van der Waals surface area (Å²) in [5.41, 5.74) is 0. The van der Waals surface area contributed by atoms with Crippen molar-refractivity contribution in [2.75, 3.05) is 25.4 Å². The molecule has 3 heterocycles. The lowest BCUT2D eigenvalue weighted by Gasteiger charge is -2.24. The topological polar surface area (TPSA) is 58.6 Å². The highest BCUT2D eigenvalue weighted by atomic mass is 35.5. The maximum Gasteiger partial charge on any atom is 0.216 e. The number of fused-ring (bicyclic) bond motifs is 2. The minimum absolute atomic E-state index is 0. The van der Waals surface area contributed by atoms with Gasteiger partial charge in [0.25, 0.3) is 0 Å². The average Bonchev–Trinajstić information content (AvgIpc) is 2.87. The number of sulfonamides is 1. The van der Waals surface area contributed by atoms with Gasteiger partial charge in [-0.25, -0.2) is 12.7 Å². The standard InChI is InChI=1S/C12H22N2O3S.ClH/c15-18(16,9-12-2-1-7-17-12)14-6-5-10-3-4-11(8-14)13-10;/h10-13H,1-9H2;1H. The van der Waals surface area contributed by atoms with E-state index in [1.165, 1.54) is 6.42 Å². The van der Waals surface area contributed by atoms with Crippen LogP contribution in [-0.4, -0.2) is 56.4 Å². The van der Waals surface area contributed by atoms with Crippen LogP contribution in [0.25, 0.3) is 0 Å². The predicted molar refractivity (Wildman–Crippen MR) is 76.1 cm³/mol. The number of halogens is 1. The monoisotopic (exact) mass is 310 g/mol. The fraction of sp³-hybridized carbons (Fsp3) is 1.00. The van der Waals surface area contributed by atoms with Crippen LogP contribution in [0, 0.1) is 0 Å². The average molecular weight is 311 g/mol. The molecule has 3 rings (SSSR count). The molecular formula is C12H23ClN2O3S. The third-order valence-corrected chi connectivity index (χ3v) is 6.21. The molecule has 3 unspecified atom stereocenters. The molecule has 1 N–H and O–H groups in total. The molecule has 0 radical (unpaired) electrons. The fourth-order valence-electron chi connectivity index (χ4n) is 3.28. The second-order valence-electron chi connectivity index (χ2n) is 5.70. The summed E-state index contributed by atoms with van der Waals surface area (Å²) < 4.78 is 31.9. The largest absolute Gasteiger partial charge is 0.377 e. The number of nitrogens with zero attached hydrogens (tertiary/aromatic N) is 1.